The van der Waals surface area contributed by atoms with E-state index in [1.54, 1.807) is 18.9 Å². The van der Waals surface area contributed by atoms with Crippen molar-refractivity contribution in [3.63, 3.8) is 0 Å². The van der Waals surface area contributed by atoms with Crippen LogP contribution in [0.3, 0.4) is 0 Å². The zero-order chi connectivity index (χ0) is 13.1. The molecule has 0 N–H and O–H groups in total. The molecule has 0 radical (unpaired) electrons. The Hall–Kier alpha value is -1.84. The predicted molar refractivity (Wildman–Crippen MR) is 67.2 cm³/mol. The van der Waals surface area contributed by atoms with Crippen molar-refractivity contribution in [1.82, 2.24) is 4.90 Å². The molecular formula is C14H17NO3. The molecule has 1 aromatic carbocycles. The van der Waals surface area contributed by atoms with Gasteiger partial charge in [-0.25, -0.2) is 0 Å². The first kappa shape index (κ1) is 12.6. The number of nitrogens with zero attached hydrogens (tertiary/aromatic N) is 1. The van der Waals surface area contributed by atoms with Crippen LogP contribution in [0.15, 0.2) is 24.3 Å². The van der Waals surface area contributed by atoms with Gasteiger partial charge in [0, 0.05) is 13.6 Å². The minimum atomic E-state index is -0.811. The van der Waals surface area contributed by atoms with E-state index in [1.807, 2.05) is 24.3 Å². The van der Waals surface area contributed by atoms with E-state index in [0.29, 0.717) is 6.54 Å². The standard InChI is InChI=1S/C14H17NO3/c1-3-18-14(17)12-11-7-5-4-6-10(11)8-9-15(2)13(12)16/h4-7,12H,3,8-9H2,1-2H3/t12-/m0/s1. The number of benzene rings is 1. The number of hydrogen-bond acceptors (Lipinski definition) is 3. The number of esters is 1. The van der Waals surface area contributed by atoms with Gasteiger partial charge in [-0.2, -0.15) is 0 Å². The van der Waals surface area contributed by atoms with Gasteiger partial charge in [0.05, 0.1) is 6.61 Å². The minimum absolute atomic E-state index is 0.182. The highest BCUT2D eigenvalue weighted by molar-refractivity contribution is 6.03. The zero-order valence-corrected chi connectivity index (χ0v) is 10.7. The van der Waals surface area contributed by atoms with Gasteiger partial charge in [0.1, 0.15) is 0 Å². The van der Waals surface area contributed by atoms with Crippen molar-refractivity contribution in [2.45, 2.75) is 19.3 Å². The van der Waals surface area contributed by atoms with E-state index in [1.165, 1.54) is 0 Å². The van der Waals surface area contributed by atoms with Crippen molar-refractivity contribution >= 4 is 11.9 Å². The van der Waals surface area contributed by atoms with E-state index in [4.69, 9.17) is 4.74 Å². The molecule has 1 atom stereocenters. The summed E-state index contributed by atoms with van der Waals surface area (Å²) in [6.45, 7) is 2.66. The summed E-state index contributed by atoms with van der Waals surface area (Å²) in [6, 6.07) is 7.59. The Balaban J connectivity index is 2.44. The van der Waals surface area contributed by atoms with Crippen LogP contribution in [0.4, 0.5) is 0 Å². The third-order valence-corrected chi connectivity index (χ3v) is 3.23. The van der Waals surface area contributed by atoms with Gasteiger partial charge in [0.25, 0.3) is 0 Å². The summed E-state index contributed by atoms with van der Waals surface area (Å²) in [5.41, 5.74) is 1.83. The summed E-state index contributed by atoms with van der Waals surface area (Å²) in [5.74, 6) is -1.45. The van der Waals surface area contributed by atoms with Crippen LogP contribution < -0.4 is 0 Å². The molecule has 1 aliphatic rings. The average molecular weight is 247 g/mol. The van der Waals surface area contributed by atoms with Gasteiger partial charge in [-0.1, -0.05) is 24.3 Å². The smallest absolute Gasteiger partial charge is 0.323 e. The average Bonchev–Trinajstić information content (AvgIpc) is 2.49. The highest BCUT2D eigenvalue weighted by Gasteiger charge is 2.35. The van der Waals surface area contributed by atoms with Crippen LogP contribution in [-0.2, 0) is 20.7 Å². The Morgan fingerprint density at radius 1 is 1.44 bits per heavy atom. The number of likely N-dealkylation sites (N-methyl/N-ethyl adjacent to an activating group) is 1. The number of fused-ring (bicyclic) bond motifs is 1. The minimum Gasteiger partial charge on any atom is -0.465 e. The van der Waals surface area contributed by atoms with Crippen molar-refractivity contribution in [1.29, 1.82) is 0 Å². The molecule has 1 heterocycles. The first-order chi connectivity index (χ1) is 8.65. The fourth-order valence-electron chi connectivity index (χ4n) is 2.25. The number of ether oxygens (including phenoxy) is 1. The van der Waals surface area contributed by atoms with Crippen LogP contribution >= 0.6 is 0 Å². The van der Waals surface area contributed by atoms with Gasteiger partial charge in [0.15, 0.2) is 5.92 Å². The topological polar surface area (TPSA) is 46.6 Å². The molecule has 0 aromatic heterocycles. The second-order valence-corrected chi connectivity index (χ2v) is 4.39. The second-order valence-electron chi connectivity index (χ2n) is 4.39. The van der Waals surface area contributed by atoms with Crippen molar-refractivity contribution in [3.8, 4) is 0 Å². The number of carbonyl (C=O) groups is 2. The summed E-state index contributed by atoms with van der Waals surface area (Å²) in [7, 11) is 1.72. The summed E-state index contributed by atoms with van der Waals surface area (Å²) < 4.78 is 5.03. The van der Waals surface area contributed by atoms with E-state index >= 15 is 0 Å². The SMILES string of the molecule is CCOC(=O)[C@@H]1C(=O)N(C)CCc2ccccc21. The van der Waals surface area contributed by atoms with Gasteiger partial charge in [0.2, 0.25) is 5.91 Å². The summed E-state index contributed by atoms with van der Waals surface area (Å²) in [4.78, 5) is 25.8. The van der Waals surface area contributed by atoms with Gasteiger partial charge >= 0.3 is 5.97 Å². The van der Waals surface area contributed by atoms with E-state index in [0.717, 1.165) is 17.5 Å². The molecule has 18 heavy (non-hydrogen) atoms. The molecule has 0 saturated heterocycles. The fourth-order valence-corrected chi connectivity index (χ4v) is 2.25. The molecule has 4 nitrogen and oxygen atoms in total. The lowest BCUT2D eigenvalue weighted by atomic mass is 9.93. The molecule has 0 unspecified atom stereocenters. The molecule has 0 saturated carbocycles. The Bertz CT molecular complexity index is 470. The second kappa shape index (κ2) is 5.21. The van der Waals surface area contributed by atoms with E-state index in [2.05, 4.69) is 0 Å². The normalized spacial score (nSPS) is 19.1. The van der Waals surface area contributed by atoms with Gasteiger partial charge in [-0.15, -0.1) is 0 Å². The zero-order valence-electron chi connectivity index (χ0n) is 10.7. The number of rotatable bonds is 2. The third kappa shape index (κ3) is 2.23. The summed E-state index contributed by atoms with van der Waals surface area (Å²) >= 11 is 0. The quantitative estimate of drug-likeness (QED) is 0.585. The molecule has 96 valence electrons. The largest absolute Gasteiger partial charge is 0.465 e. The van der Waals surface area contributed by atoms with Crippen LogP contribution in [0.1, 0.15) is 24.0 Å². The van der Waals surface area contributed by atoms with E-state index in [-0.39, 0.29) is 12.5 Å². The van der Waals surface area contributed by atoms with Crippen molar-refractivity contribution in [2.75, 3.05) is 20.2 Å². The van der Waals surface area contributed by atoms with Crippen LogP contribution in [0.5, 0.6) is 0 Å². The van der Waals surface area contributed by atoms with Gasteiger partial charge in [-0.05, 0) is 24.5 Å². The number of carbonyl (C=O) groups excluding carboxylic acids is 2. The van der Waals surface area contributed by atoms with Crippen molar-refractivity contribution in [3.05, 3.63) is 35.4 Å². The van der Waals surface area contributed by atoms with Crippen LogP contribution in [-0.4, -0.2) is 37.0 Å². The Morgan fingerprint density at radius 3 is 2.89 bits per heavy atom. The lowest BCUT2D eigenvalue weighted by Crippen LogP contribution is -2.35. The molecule has 0 aliphatic carbocycles. The molecular weight excluding hydrogens is 230 g/mol. The van der Waals surface area contributed by atoms with Crippen LogP contribution in [0.25, 0.3) is 0 Å². The molecule has 2 rings (SSSR count). The maximum absolute atomic E-state index is 12.2. The molecule has 4 heteroatoms. The molecule has 0 fully saturated rings. The van der Waals surface area contributed by atoms with Crippen molar-refractivity contribution < 1.29 is 14.3 Å². The monoisotopic (exact) mass is 247 g/mol. The van der Waals surface area contributed by atoms with Crippen LogP contribution in [0, 0.1) is 0 Å². The maximum Gasteiger partial charge on any atom is 0.323 e. The maximum atomic E-state index is 12.2. The predicted octanol–water partition coefficient (Wildman–Crippen LogP) is 1.35. The Labute approximate surface area is 107 Å². The van der Waals surface area contributed by atoms with Gasteiger partial charge in [-0.3, -0.25) is 9.59 Å². The highest BCUT2D eigenvalue weighted by Crippen LogP contribution is 2.27. The Kier molecular flexibility index (Phi) is 3.65. The van der Waals surface area contributed by atoms with E-state index < -0.39 is 11.9 Å². The van der Waals surface area contributed by atoms with Crippen LogP contribution in [0.2, 0.25) is 0 Å². The third-order valence-electron chi connectivity index (χ3n) is 3.23. The molecule has 1 aromatic rings. The fraction of sp³-hybridized carbons (Fsp3) is 0.429. The molecule has 1 aliphatic heterocycles. The van der Waals surface area contributed by atoms with Crippen molar-refractivity contribution in [2.24, 2.45) is 0 Å². The number of amides is 1. The molecule has 0 bridgehead atoms. The first-order valence-corrected chi connectivity index (χ1v) is 6.14. The molecule has 0 spiro atoms. The molecule has 1 amide bonds. The van der Waals surface area contributed by atoms with E-state index in [9.17, 15) is 9.59 Å². The van der Waals surface area contributed by atoms with Gasteiger partial charge < -0.3 is 9.64 Å². The Morgan fingerprint density at radius 2 is 2.17 bits per heavy atom. The highest BCUT2D eigenvalue weighted by atomic mass is 16.5. The lowest BCUT2D eigenvalue weighted by molar-refractivity contribution is -0.150. The summed E-state index contributed by atoms with van der Waals surface area (Å²) in [6.07, 6.45) is 0.772. The summed E-state index contributed by atoms with van der Waals surface area (Å²) in [5, 5.41) is 0. The first-order valence-electron chi connectivity index (χ1n) is 6.14. The lowest BCUT2D eigenvalue weighted by Gasteiger charge is -2.19. The number of hydrogen-bond donors (Lipinski definition) is 0.